The van der Waals surface area contributed by atoms with E-state index >= 15 is 0 Å². The van der Waals surface area contributed by atoms with Crippen LogP contribution in [0.2, 0.25) is 0 Å². The molecule has 0 aromatic heterocycles. The largest absolute Gasteiger partial charge is 0.393 e. The minimum Gasteiger partial charge on any atom is -0.393 e. The van der Waals surface area contributed by atoms with Crippen molar-refractivity contribution < 1.29 is 9.50 Å². The number of halogens is 2. The van der Waals surface area contributed by atoms with Gasteiger partial charge in [0.1, 0.15) is 5.82 Å². The lowest BCUT2D eigenvalue weighted by Crippen LogP contribution is -2.21. The topological polar surface area (TPSA) is 20.2 Å². The second-order valence-corrected chi connectivity index (χ2v) is 5.58. The third kappa shape index (κ3) is 3.29. The van der Waals surface area contributed by atoms with Crippen LogP contribution >= 0.6 is 15.9 Å². The summed E-state index contributed by atoms with van der Waals surface area (Å²) in [5, 5.41) is 9.58. The molecule has 0 spiro atoms. The van der Waals surface area contributed by atoms with E-state index in [0.29, 0.717) is 5.92 Å². The fourth-order valence-electron chi connectivity index (χ4n) is 2.51. The van der Waals surface area contributed by atoms with Crippen molar-refractivity contribution in [1.29, 1.82) is 0 Å². The number of hydrogen-bond acceptors (Lipinski definition) is 1. The summed E-state index contributed by atoms with van der Waals surface area (Å²) in [7, 11) is 0. The first-order chi connectivity index (χ1) is 7.63. The summed E-state index contributed by atoms with van der Waals surface area (Å²) in [6, 6.07) is 5.02. The first-order valence-corrected chi connectivity index (χ1v) is 6.56. The highest BCUT2D eigenvalue weighted by Crippen LogP contribution is 2.28. The van der Waals surface area contributed by atoms with Crippen molar-refractivity contribution in [2.75, 3.05) is 0 Å². The zero-order valence-corrected chi connectivity index (χ0v) is 10.7. The van der Waals surface area contributed by atoms with E-state index < -0.39 is 0 Å². The molecular formula is C13H16BrFO. The molecule has 0 amide bonds. The Morgan fingerprint density at radius 1 is 1.31 bits per heavy atom. The lowest BCUT2D eigenvalue weighted by atomic mass is 9.83. The van der Waals surface area contributed by atoms with Crippen molar-refractivity contribution in [1.82, 2.24) is 0 Å². The summed E-state index contributed by atoms with van der Waals surface area (Å²) in [5.41, 5.74) is 1.02. The maximum atomic E-state index is 13.2. The fraction of sp³-hybridized carbons (Fsp3) is 0.538. The first kappa shape index (κ1) is 12.1. The summed E-state index contributed by atoms with van der Waals surface area (Å²) in [5.74, 6) is 0.304. The average Bonchev–Trinajstić information content (AvgIpc) is 2.15. The number of benzene rings is 1. The molecule has 1 saturated carbocycles. The van der Waals surface area contributed by atoms with Gasteiger partial charge in [-0.25, -0.2) is 4.39 Å². The van der Waals surface area contributed by atoms with E-state index in [9.17, 15) is 9.50 Å². The Morgan fingerprint density at radius 2 is 2.12 bits per heavy atom. The molecule has 1 aliphatic rings. The van der Waals surface area contributed by atoms with Gasteiger partial charge < -0.3 is 5.11 Å². The normalized spacial score (nSPS) is 25.7. The van der Waals surface area contributed by atoms with Gasteiger partial charge in [-0.3, -0.25) is 0 Å². The van der Waals surface area contributed by atoms with Gasteiger partial charge in [0.05, 0.1) is 6.10 Å². The van der Waals surface area contributed by atoms with E-state index in [1.54, 1.807) is 6.07 Å². The minimum absolute atomic E-state index is 0.157. The molecule has 1 aromatic carbocycles. The number of rotatable bonds is 2. The van der Waals surface area contributed by atoms with Crippen LogP contribution in [0.15, 0.2) is 22.7 Å². The molecule has 1 aliphatic carbocycles. The van der Waals surface area contributed by atoms with Gasteiger partial charge in [0, 0.05) is 4.47 Å². The fourth-order valence-corrected chi connectivity index (χ4v) is 3.02. The standard InChI is InChI=1S/C13H16BrFO/c14-11-5-10(6-12(15)8-11)4-9-2-1-3-13(16)7-9/h5-6,8-9,13,16H,1-4,7H2. The van der Waals surface area contributed by atoms with Crippen molar-refractivity contribution in [2.24, 2.45) is 5.92 Å². The van der Waals surface area contributed by atoms with Gasteiger partial charge in [-0.15, -0.1) is 0 Å². The Kier molecular flexibility index (Phi) is 3.98. The molecule has 1 fully saturated rings. The summed E-state index contributed by atoms with van der Waals surface area (Å²) >= 11 is 3.30. The van der Waals surface area contributed by atoms with E-state index in [0.717, 1.165) is 42.1 Å². The Bertz CT molecular complexity index is 347. The van der Waals surface area contributed by atoms with E-state index in [1.807, 2.05) is 6.07 Å². The summed E-state index contributed by atoms with van der Waals surface area (Å²) in [6.45, 7) is 0. The molecule has 2 rings (SSSR count). The van der Waals surface area contributed by atoms with Crippen LogP contribution < -0.4 is 0 Å². The van der Waals surface area contributed by atoms with Gasteiger partial charge in [-0.2, -0.15) is 0 Å². The molecule has 0 radical (unpaired) electrons. The molecular weight excluding hydrogens is 271 g/mol. The molecule has 0 heterocycles. The first-order valence-electron chi connectivity index (χ1n) is 5.76. The monoisotopic (exact) mass is 286 g/mol. The van der Waals surface area contributed by atoms with Crippen LogP contribution in [0, 0.1) is 11.7 Å². The molecule has 1 N–H and O–H groups in total. The van der Waals surface area contributed by atoms with Gasteiger partial charge in [0.25, 0.3) is 0 Å². The van der Waals surface area contributed by atoms with E-state index in [4.69, 9.17) is 0 Å². The van der Waals surface area contributed by atoms with Gasteiger partial charge in [-0.05, 0) is 55.4 Å². The van der Waals surface area contributed by atoms with Gasteiger partial charge in [0.15, 0.2) is 0 Å². The quantitative estimate of drug-likeness (QED) is 0.879. The molecule has 3 heteroatoms. The van der Waals surface area contributed by atoms with Crippen molar-refractivity contribution >= 4 is 15.9 Å². The van der Waals surface area contributed by atoms with Crippen LogP contribution in [0.25, 0.3) is 0 Å². The molecule has 2 unspecified atom stereocenters. The number of hydrogen-bond donors (Lipinski definition) is 1. The molecule has 2 atom stereocenters. The molecule has 0 saturated heterocycles. The highest BCUT2D eigenvalue weighted by Gasteiger charge is 2.20. The maximum absolute atomic E-state index is 13.2. The highest BCUT2D eigenvalue weighted by atomic mass is 79.9. The Balaban J connectivity index is 2.02. The average molecular weight is 287 g/mol. The van der Waals surface area contributed by atoms with Crippen LogP contribution in [0.5, 0.6) is 0 Å². The molecule has 0 bridgehead atoms. The molecule has 1 aromatic rings. The third-order valence-corrected chi connectivity index (χ3v) is 3.66. The highest BCUT2D eigenvalue weighted by molar-refractivity contribution is 9.10. The Morgan fingerprint density at radius 3 is 2.81 bits per heavy atom. The second-order valence-electron chi connectivity index (χ2n) is 4.67. The Labute approximate surface area is 104 Å². The van der Waals surface area contributed by atoms with Crippen molar-refractivity contribution in [3.8, 4) is 0 Å². The summed E-state index contributed by atoms with van der Waals surface area (Å²) in [6.07, 6.45) is 4.72. The lowest BCUT2D eigenvalue weighted by molar-refractivity contribution is 0.101. The SMILES string of the molecule is OC1CCCC(Cc2cc(F)cc(Br)c2)C1. The Hall–Kier alpha value is -0.410. The lowest BCUT2D eigenvalue weighted by Gasteiger charge is -2.25. The minimum atomic E-state index is -0.194. The zero-order valence-electron chi connectivity index (χ0n) is 9.13. The number of aliphatic hydroxyl groups is 1. The molecule has 1 nitrogen and oxygen atoms in total. The van der Waals surface area contributed by atoms with Crippen LogP contribution in [-0.2, 0) is 6.42 Å². The van der Waals surface area contributed by atoms with Gasteiger partial charge in [0.2, 0.25) is 0 Å². The maximum Gasteiger partial charge on any atom is 0.124 e. The van der Waals surface area contributed by atoms with Crippen LogP contribution in [0.1, 0.15) is 31.2 Å². The van der Waals surface area contributed by atoms with E-state index in [2.05, 4.69) is 15.9 Å². The van der Waals surface area contributed by atoms with Crippen molar-refractivity contribution in [2.45, 2.75) is 38.2 Å². The summed E-state index contributed by atoms with van der Waals surface area (Å²) < 4.78 is 14.0. The molecule has 0 aliphatic heterocycles. The van der Waals surface area contributed by atoms with E-state index in [1.165, 1.54) is 6.07 Å². The zero-order chi connectivity index (χ0) is 11.5. The molecule has 16 heavy (non-hydrogen) atoms. The van der Waals surface area contributed by atoms with Gasteiger partial charge in [-0.1, -0.05) is 22.4 Å². The number of aliphatic hydroxyl groups excluding tert-OH is 1. The predicted octanol–water partition coefficient (Wildman–Crippen LogP) is 3.68. The smallest absolute Gasteiger partial charge is 0.124 e. The van der Waals surface area contributed by atoms with Crippen LogP contribution in [0.4, 0.5) is 4.39 Å². The van der Waals surface area contributed by atoms with Crippen LogP contribution in [0.3, 0.4) is 0 Å². The van der Waals surface area contributed by atoms with Crippen molar-refractivity contribution in [3.05, 3.63) is 34.1 Å². The summed E-state index contributed by atoms with van der Waals surface area (Å²) in [4.78, 5) is 0. The van der Waals surface area contributed by atoms with Gasteiger partial charge >= 0.3 is 0 Å². The predicted molar refractivity (Wildman–Crippen MR) is 65.8 cm³/mol. The van der Waals surface area contributed by atoms with Crippen LogP contribution in [-0.4, -0.2) is 11.2 Å². The van der Waals surface area contributed by atoms with Crippen molar-refractivity contribution in [3.63, 3.8) is 0 Å². The molecule has 88 valence electrons. The van der Waals surface area contributed by atoms with E-state index in [-0.39, 0.29) is 11.9 Å². The third-order valence-electron chi connectivity index (χ3n) is 3.20. The second kappa shape index (κ2) is 5.28.